The minimum Gasteiger partial charge on any atom is -0.357 e. The van der Waals surface area contributed by atoms with Gasteiger partial charge in [0.05, 0.1) is 17.4 Å². The third kappa shape index (κ3) is 3.36. The number of fused-ring (bicyclic) bond motifs is 1. The molecule has 0 amide bonds. The Balaban J connectivity index is 1.57. The number of aromatic nitrogens is 2. The van der Waals surface area contributed by atoms with Gasteiger partial charge in [0, 0.05) is 40.6 Å². The van der Waals surface area contributed by atoms with Gasteiger partial charge in [-0.1, -0.05) is 19.1 Å². The molecule has 1 aromatic carbocycles. The lowest BCUT2D eigenvalue weighted by Gasteiger charge is -2.29. The van der Waals surface area contributed by atoms with Crippen molar-refractivity contribution >= 4 is 28.5 Å². The summed E-state index contributed by atoms with van der Waals surface area (Å²) in [6.07, 6.45) is 1.85. The number of hydrogen-bond donors (Lipinski definition) is 2. The fourth-order valence-corrected chi connectivity index (χ4v) is 3.61. The number of aryl methyl sites for hydroxylation is 1. The maximum atomic E-state index is 4.55. The maximum absolute atomic E-state index is 4.55. The van der Waals surface area contributed by atoms with Crippen molar-refractivity contribution in [3.63, 3.8) is 0 Å². The minimum absolute atomic E-state index is 0.849. The number of anilines is 3. The predicted octanol–water partition coefficient (Wildman–Crippen LogP) is 4.46. The van der Waals surface area contributed by atoms with Gasteiger partial charge in [-0.3, -0.25) is 4.90 Å². The molecule has 0 atom stereocenters. The average Bonchev–Trinajstić information content (AvgIpc) is 3.09. The number of thiazole rings is 1. The summed E-state index contributed by atoms with van der Waals surface area (Å²) in [5, 5.41) is 10.1. The first-order valence-electron chi connectivity index (χ1n) is 8.46. The van der Waals surface area contributed by atoms with E-state index in [9.17, 15) is 0 Å². The van der Waals surface area contributed by atoms with Gasteiger partial charge in [-0.15, -0.1) is 11.3 Å². The van der Waals surface area contributed by atoms with E-state index in [1.807, 2.05) is 19.2 Å². The summed E-state index contributed by atoms with van der Waals surface area (Å²) in [7, 11) is 0. The Kier molecular flexibility index (Phi) is 4.38. The SMILES string of the molecule is CCN1CNc2nccc(Nc3ccc(-c4csc(C)n4)cc3)c2C1. The molecular formula is C19H21N5S. The number of nitrogens with one attached hydrogen (secondary N) is 2. The van der Waals surface area contributed by atoms with E-state index in [4.69, 9.17) is 0 Å². The molecule has 0 saturated heterocycles. The van der Waals surface area contributed by atoms with Gasteiger partial charge in [0.2, 0.25) is 0 Å². The molecule has 0 fully saturated rings. The molecule has 1 aliphatic heterocycles. The van der Waals surface area contributed by atoms with E-state index in [0.29, 0.717) is 0 Å². The molecule has 3 aromatic rings. The maximum Gasteiger partial charge on any atom is 0.133 e. The van der Waals surface area contributed by atoms with Gasteiger partial charge in [0.1, 0.15) is 5.82 Å². The van der Waals surface area contributed by atoms with Crippen LogP contribution >= 0.6 is 11.3 Å². The van der Waals surface area contributed by atoms with Crippen LogP contribution in [0.1, 0.15) is 17.5 Å². The lowest BCUT2D eigenvalue weighted by molar-refractivity contribution is 0.291. The van der Waals surface area contributed by atoms with Gasteiger partial charge in [-0.2, -0.15) is 0 Å². The van der Waals surface area contributed by atoms with Crippen LogP contribution in [-0.2, 0) is 6.54 Å². The first-order valence-corrected chi connectivity index (χ1v) is 9.34. The Hall–Kier alpha value is -2.44. The topological polar surface area (TPSA) is 53.1 Å². The third-order valence-corrected chi connectivity index (χ3v) is 5.21. The summed E-state index contributed by atoms with van der Waals surface area (Å²) in [5.41, 5.74) is 5.57. The molecule has 25 heavy (non-hydrogen) atoms. The van der Waals surface area contributed by atoms with Crippen LogP contribution in [0.3, 0.4) is 0 Å². The van der Waals surface area contributed by atoms with Gasteiger partial charge >= 0.3 is 0 Å². The van der Waals surface area contributed by atoms with Crippen LogP contribution in [0.2, 0.25) is 0 Å². The molecule has 5 nitrogen and oxygen atoms in total. The Labute approximate surface area is 151 Å². The van der Waals surface area contributed by atoms with Crippen molar-refractivity contribution in [2.75, 3.05) is 23.8 Å². The van der Waals surface area contributed by atoms with Crippen molar-refractivity contribution in [3.8, 4) is 11.3 Å². The molecule has 6 heteroatoms. The zero-order valence-electron chi connectivity index (χ0n) is 14.4. The van der Waals surface area contributed by atoms with Crippen LogP contribution in [0.4, 0.5) is 17.2 Å². The summed E-state index contributed by atoms with van der Waals surface area (Å²) in [6.45, 7) is 6.98. The van der Waals surface area contributed by atoms with Crippen molar-refractivity contribution in [3.05, 3.63) is 52.5 Å². The third-order valence-electron chi connectivity index (χ3n) is 4.43. The zero-order valence-corrected chi connectivity index (χ0v) is 15.2. The smallest absolute Gasteiger partial charge is 0.133 e. The molecule has 1 aliphatic rings. The van der Waals surface area contributed by atoms with Crippen molar-refractivity contribution in [2.45, 2.75) is 20.4 Å². The monoisotopic (exact) mass is 351 g/mol. The van der Waals surface area contributed by atoms with Gasteiger partial charge in [-0.05, 0) is 31.7 Å². The number of pyridine rings is 1. The van der Waals surface area contributed by atoms with E-state index < -0.39 is 0 Å². The fourth-order valence-electron chi connectivity index (χ4n) is 2.99. The van der Waals surface area contributed by atoms with Gasteiger partial charge in [0.25, 0.3) is 0 Å². The van der Waals surface area contributed by atoms with E-state index >= 15 is 0 Å². The summed E-state index contributed by atoms with van der Waals surface area (Å²) >= 11 is 1.68. The molecule has 0 unspecified atom stereocenters. The van der Waals surface area contributed by atoms with E-state index in [2.05, 4.69) is 62.1 Å². The molecular weight excluding hydrogens is 330 g/mol. The van der Waals surface area contributed by atoms with E-state index in [0.717, 1.165) is 53.2 Å². The minimum atomic E-state index is 0.849. The highest BCUT2D eigenvalue weighted by Crippen LogP contribution is 2.30. The Morgan fingerprint density at radius 3 is 2.80 bits per heavy atom. The van der Waals surface area contributed by atoms with Crippen molar-refractivity contribution in [1.82, 2.24) is 14.9 Å². The van der Waals surface area contributed by atoms with Crippen LogP contribution in [0.25, 0.3) is 11.3 Å². The molecule has 0 bridgehead atoms. The average molecular weight is 351 g/mol. The summed E-state index contributed by atoms with van der Waals surface area (Å²) in [6, 6.07) is 10.5. The Morgan fingerprint density at radius 1 is 1.24 bits per heavy atom. The standard InChI is InChI=1S/C19H21N5S/c1-3-24-10-16-17(8-9-20-19(16)21-12-24)23-15-6-4-14(5-7-15)18-11-25-13(2)22-18/h4-9,11H,3,10,12H2,1-2H3,(H2,20,21,23). The lowest BCUT2D eigenvalue weighted by atomic mass is 10.1. The first kappa shape index (κ1) is 16.1. The molecule has 2 N–H and O–H groups in total. The highest BCUT2D eigenvalue weighted by atomic mass is 32.1. The second-order valence-electron chi connectivity index (χ2n) is 6.12. The molecule has 3 heterocycles. The molecule has 4 rings (SSSR count). The van der Waals surface area contributed by atoms with E-state index in [-0.39, 0.29) is 0 Å². The highest BCUT2D eigenvalue weighted by Gasteiger charge is 2.18. The van der Waals surface area contributed by atoms with Crippen LogP contribution in [0.15, 0.2) is 41.9 Å². The first-order chi connectivity index (χ1) is 12.2. The van der Waals surface area contributed by atoms with Crippen LogP contribution in [0, 0.1) is 6.92 Å². The normalized spacial score (nSPS) is 14.0. The predicted molar refractivity (Wildman–Crippen MR) is 104 cm³/mol. The van der Waals surface area contributed by atoms with Gasteiger partial charge in [-0.25, -0.2) is 9.97 Å². The van der Waals surface area contributed by atoms with Crippen LogP contribution in [0.5, 0.6) is 0 Å². The highest BCUT2D eigenvalue weighted by molar-refractivity contribution is 7.09. The van der Waals surface area contributed by atoms with E-state index in [1.54, 1.807) is 11.3 Å². The van der Waals surface area contributed by atoms with Crippen molar-refractivity contribution in [1.29, 1.82) is 0 Å². The molecule has 2 aromatic heterocycles. The number of nitrogens with zero attached hydrogens (tertiary/aromatic N) is 3. The second kappa shape index (κ2) is 6.82. The lowest BCUT2D eigenvalue weighted by Crippen LogP contribution is -2.34. The molecule has 0 spiro atoms. The van der Waals surface area contributed by atoms with Crippen molar-refractivity contribution < 1.29 is 0 Å². The van der Waals surface area contributed by atoms with Gasteiger partial charge in [0.15, 0.2) is 0 Å². The summed E-state index contributed by atoms with van der Waals surface area (Å²) < 4.78 is 0. The Morgan fingerprint density at radius 2 is 2.08 bits per heavy atom. The Bertz CT molecular complexity index is 872. The number of hydrogen-bond acceptors (Lipinski definition) is 6. The quantitative estimate of drug-likeness (QED) is 0.727. The molecule has 0 radical (unpaired) electrons. The largest absolute Gasteiger partial charge is 0.357 e. The second-order valence-corrected chi connectivity index (χ2v) is 7.18. The van der Waals surface area contributed by atoms with Crippen LogP contribution < -0.4 is 10.6 Å². The van der Waals surface area contributed by atoms with Crippen LogP contribution in [-0.4, -0.2) is 28.1 Å². The summed E-state index contributed by atoms with van der Waals surface area (Å²) in [5.74, 6) is 0.976. The zero-order chi connectivity index (χ0) is 17.2. The van der Waals surface area contributed by atoms with Gasteiger partial charge < -0.3 is 10.6 Å². The molecule has 128 valence electrons. The molecule has 0 saturated carbocycles. The fraction of sp³-hybridized carbons (Fsp3) is 0.263. The number of rotatable bonds is 4. The van der Waals surface area contributed by atoms with E-state index in [1.165, 1.54) is 5.56 Å². The number of benzene rings is 1. The van der Waals surface area contributed by atoms with Crippen molar-refractivity contribution in [2.24, 2.45) is 0 Å². The summed E-state index contributed by atoms with van der Waals surface area (Å²) in [4.78, 5) is 11.4. The molecule has 0 aliphatic carbocycles.